The molecule has 1 radical (unpaired) electrons. The lowest BCUT2D eigenvalue weighted by molar-refractivity contribution is 0.602. The van der Waals surface area contributed by atoms with Crippen LogP contribution in [-0.4, -0.2) is 14.7 Å². The average molecular weight is 170 g/mol. The lowest BCUT2D eigenvalue weighted by Crippen LogP contribution is -1.95. The van der Waals surface area contributed by atoms with E-state index in [1.54, 1.807) is 6.07 Å². The molecule has 0 aliphatic carbocycles. The van der Waals surface area contributed by atoms with Gasteiger partial charge in [-0.15, -0.1) is 0 Å². The van der Waals surface area contributed by atoms with Crippen LogP contribution in [0.1, 0.15) is 0 Å². The van der Waals surface area contributed by atoms with E-state index in [-0.39, 0.29) is 10.6 Å². The smallest absolute Gasteiger partial charge is 0.175 e. The Labute approximate surface area is 65.8 Å². The van der Waals surface area contributed by atoms with Crippen LogP contribution >= 0.6 is 0 Å². The molecule has 4 heteroatoms. The quantitative estimate of drug-likeness (QED) is 0.631. The number of hydrogen-bond acceptors (Lipinski definition) is 2. The molecule has 59 valence electrons. The van der Waals surface area contributed by atoms with Gasteiger partial charge in [0.1, 0.15) is 0 Å². The SMILES string of the molecule is CS(=O)(=O)c1cccc([NH])c1. The maximum absolute atomic E-state index is 10.9. The van der Waals surface area contributed by atoms with Crippen molar-refractivity contribution in [2.24, 2.45) is 0 Å². The molecule has 0 bridgehead atoms. The predicted molar refractivity (Wildman–Crippen MR) is 42.3 cm³/mol. The Kier molecular flexibility index (Phi) is 1.87. The fourth-order valence-corrected chi connectivity index (χ4v) is 1.39. The molecule has 0 unspecified atom stereocenters. The van der Waals surface area contributed by atoms with Crippen LogP contribution < -0.4 is 5.73 Å². The highest BCUT2D eigenvalue weighted by atomic mass is 32.2. The third kappa shape index (κ3) is 1.94. The average Bonchev–Trinajstić information content (AvgIpc) is 1.86. The lowest BCUT2D eigenvalue weighted by atomic mass is 10.3. The number of benzene rings is 1. The zero-order valence-corrected chi connectivity index (χ0v) is 6.85. The van der Waals surface area contributed by atoms with E-state index in [1.807, 2.05) is 0 Å². The molecular weight excluding hydrogens is 162 g/mol. The minimum absolute atomic E-state index is 0.199. The van der Waals surface area contributed by atoms with E-state index in [0.29, 0.717) is 0 Å². The maximum Gasteiger partial charge on any atom is 0.175 e. The van der Waals surface area contributed by atoms with Gasteiger partial charge in [-0.1, -0.05) is 6.07 Å². The van der Waals surface area contributed by atoms with Gasteiger partial charge in [0.15, 0.2) is 9.84 Å². The van der Waals surface area contributed by atoms with Crippen LogP contribution in [0.4, 0.5) is 5.69 Å². The molecule has 1 aromatic rings. The molecule has 1 N–H and O–H groups in total. The van der Waals surface area contributed by atoms with Crippen molar-refractivity contribution in [1.29, 1.82) is 0 Å². The van der Waals surface area contributed by atoms with E-state index in [1.165, 1.54) is 18.2 Å². The highest BCUT2D eigenvalue weighted by Gasteiger charge is 2.05. The Morgan fingerprint density at radius 2 is 2.00 bits per heavy atom. The second kappa shape index (κ2) is 2.54. The number of sulfone groups is 1. The molecule has 0 aliphatic rings. The first-order chi connectivity index (χ1) is 5.00. The zero-order chi connectivity index (χ0) is 8.48. The second-order valence-corrected chi connectivity index (χ2v) is 4.32. The third-order valence-corrected chi connectivity index (χ3v) is 2.37. The van der Waals surface area contributed by atoms with Crippen LogP contribution in [0.15, 0.2) is 29.2 Å². The summed E-state index contributed by atoms with van der Waals surface area (Å²) in [6.45, 7) is 0. The van der Waals surface area contributed by atoms with Crippen LogP contribution in [0.25, 0.3) is 0 Å². The molecule has 1 aromatic carbocycles. The standard InChI is InChI=1S/C7H8NO2S/c1-11(9,10)7-4-2-3-6(8)5-7/h2-5,8H,1H3. The van der Waals surface area contributed by atoms with Gasteiger partial charge in [-0.25, -0.2) is 8.42 Å². The van der Waals surface area contributed by atoms with Gasteiger partial charge >= 0.3 is 0 Å². The first-order valence-electron chi connectivity index (χ1n) is 3.02. The fraction of sp³-hybridized carbons (Fsp3) is 0.143. The molecule has 0 amide bonds. The molecule has 0 saturated carbocycles. The summed E-state index contributed by atoms with van der Waals surface area (Å²) in [6.07, 6.45) is 1.13. The van der Waals surface area contributed by atoms with E-state index in [2.05, 4.69) is 0 Å². The monoisotopic (exact) mass is 170 g/mol. The summed E-state index contributed by atoms with van der Waals surface area (Å²) in [5, 5.41) is 0. The van der Waals surface area contributed by atoms with Crippen molar-refractivity contribution in [2.45, 2.75) is 4.90 Å². The normalized spacial score (nSPS) is 11.4. The van der Waals surface area contributed by atoms with Crippen LogP contribution in [0.3, 0.4) is 0 Å². The molecule has 0 heterocycles. The highest BCUT2D eigenvalue weighted by molar-refractivity contribution is 7.90. The second-order valence-electron chi connectivity index (χ2n) is 2.30. The Hall–Kier alpha value is -1.03. The van der Waals surface area contributed by atoms with Gasteiger partial charge in [0.05, 0.1) is 10.6 Å². The lowest BCUT2D eigenvalue weighted by Gasteiger charge is -1.96. The molecular formula is C7H8NO2S. The first-order valence-corrected chi connectivity index (χ1v) is 4.91. The molecule has 0 saturated heterocycles. The minimum Gasteiger partial charge on any atom is -0.301 e. The van der Waals surface area contributed by atoms with Gasteiger partial charge in [0.25, 0.3) is 0 Å². The number of nitrogens with one attached hydrogen (secondary N) is 1. The molecule has 11 heavy (non-hydrogen) atoms. The Morgan fingerprint density at radius 3 is 2.36 bits per heavy atom. The fourth-order valence-electron chi connectivity index (χ4n) is 0.727. The zero-order valence-electron chi connectivity index (χ0n) is 6.03. The largest absolute Gasteiger partial charge is 0.301 e. The highest BCUT2D eigenvalue weighted by Crippen LogP contribution is 2.12. The van der Waals surface area contributed by atoms with E-state index in [9.17, 15) is 8.42 Å². The maximum atomic E-state index is 10.9. The van der Waals surface area contributed by atoms with Crippen LogP contribution in [-0.2, 0) is 9.84 Å². The van der Waals surface area contributed by atoms with E-state index in [0.717, 1.165) is 6.26 Å². The van der Waals surface area contributed by atoms with Crippen molar-refractivity contribution >= 4 is 15.5 Å². The summed E-state index contributed by atoms with van der Waals surface area (Å²) in [5.41, 5.74) is 7.37. The van der Waals surface area contributed by atoms with Crippen LogP contribution in [0.2, 0.25) is 0 Å². The molecule has 0 spiro atoms. The van der Waals surface area contributed by atoms with Gasteiger partial charge in [0, 0.05) is 6.26 Å². The van der Waals surface area contributed by atoms with Crippen molar-refractivity contribution < 1.29 is 8.42 Å². The summed E-state index contributed by atoms with van der Waals surface area (Å²) in [4.78, 5) is 0.199. The van der Waals surface area contributed by atoms with Gasteiger partial charge in [-0.05, 0) is 18.2 Å². The first kappa shape index (κ1) is 8.07. The van der Waals surface area contributed by atoms with Crippen molar-refractivity contribution in [3.63, 3.8) is 0 Å². The number of rotatable bonds is 1. The molecule has 0 fully saturated rings. The van der Waals surface area contributed by atoms with Gasteiger partial charge in [0.2, 0.25) is 0 Å². The van der Waals surface area contributed by atoms with Crippen LogP contribution in [0.5, 0.6) is 0 Å². The van der Waals surface area contributed by atoms with Gasteiger partial charge in [-0.3, -0.25) is 0 Å². The predicted octanol–water partition coefficient (Wildman–Crippen LogP) is 1.00. The molecule has 0 aliphatic heterocycles. The van der Waals surface area contributed by atoms with E-state index in [4.69, 9.17) is 5.73 Å². The molecule has 0 aromatic heterocycles. The summed E-state index contributed by atoms with van der Waals surface area (Å²) in [7, 11) is -3.15. The Morgan fingerprint density at radius 1 is 1.36 bits per heavy atom. The van der Waals surface area contributed by atoms with Crippen LogP contribution in [0, 0.1) is 0 Å². The molecule has 1 rings (SSSR count). The summed E-state index contributed by atoms with van der Waals surface area (Å²) >= 11 is 0. The third-order valence-electron chi connectivity index (χ3n) is 1.26. The van der Waals surface area contributed by atoms with Crippen molar-refractivity contribution in [3.05, 3.63) is 24.3 Å². The van der Waals surface area contributed by atoms with Crippen molar-refractivity contribution in [1.82, 2.24) is 5.73 Å². The topological polar surface area (TPSA) is 57.9 Å². The van der Waals surface area contributed by atoms with E-state index < -0.39 is 9.84 Å². The summed E-state index contributed by atoms with van der Waals surface area (Å²) < 4.78 is 21.8. The Bertz CT molecular complexity index is 356. The summed E-state index contributed by atoms with van der Waals surface area (Å²) in [5.74, 6) is 0. The van der Waals surface area contributed by atoms with Crippen molar-refractivity contribution in [2.75, 3.05) is 6.26 Å². The van der Waals surface area contributed by atoms with Gasteiger partial charge in [-0.2, -0.15) is 0 Å². The molecule has 3 nitrogen and oxygen atoms in total. The molecule has 0 atom stereocenters. The Balaban J connectivity index is 3.28. The minimum atomic E-state index is -3.15. The van der Waals surface area contributed by atoms with Crippen molar-refractivity contribution in [3.8, 4) is 0 Å². The number of hydrogen-bond donors (Lipinski definition) is 0. The van der Waals surface area contributed by atoms with Gasteiger partial charge < -0.3 is 5.73 Å². The summed E-state index contributed by atoms with van der Waals surface area (Å²) in [6, 6.07) is 5.90. The van der Waals surface area contributed by atoms with E-state index >= 15 is 0 Å².